The first kappa shape index (κ1) is 12.9. The minimum absolute atomic E-state index is 0.367. The second-order valence-electron chi connectivity index (χ2n) is 3.92. The third-order valence-corrected chi connectivity index (χ3v) is 3.81. The molecule has 3 nitrogen and oxygen atoms in total. The Kier molecular flexibility index (Phi) is 3.89. The van der Waals surface area contributed by atoms with E-state index in [4.69, 9.17) is 16.7 Å². The first-order valence-electron chi connectivity index (χ1n) is 5.37. The Morgan fingerprint density at radius 1 is 1.44 bits per heavy atom. The molecule has 0 atom stereocenters. The highest BCUT2D eigenvalue weighted by molar-refractivity contribution is 7.12. The fourth-order valence-corrected chi connectivity index (χ4v) is 2.57. The number of anilines is 1. The van der Waals surface area contributed by atoms with Gasteiger partial charge in [0.25, 0.3) is 0 Å². The molecule has 0 unspecified atom stereocenters. The predicted molar refractivity (Wildman–Crippen MR) is 74.8 cm³/mol. The summed E-state index contributed by atoms with van der Waals surface area (Å²) in [4.78, 5) is 11.3. The molecule has 1 heterocycles. The number of benzene rings is 1. The molecule has 0 aliphatic heterocycles. The molecular weight excluding hydrogens is 270 g/mol. The van der Waals surface area contributed by atoms with Gasteiger partial charge in [-0.3, -0.25) is 0 Å². The van der Waals surface area contributed by atoms with Gasteiger partial charge in [0, 0.05) is 6.54 Å². The molecule has 0 radical (unpaired) electrons. The minimum atomic E-state index is -0.892. The average molecular weight is 282 g/mol. The van der Waals surface area contributed by atoms with Gasteiger partial charge in [-0.05, 0) is 41.6 Å². The highest BCUT2D eigenvalue weighted by Gasteiger charge is 2.11. The Balaban J connectivity index is 2.14. The number of carboxylic acid groups (broad SMARTS) is 1. The Labute approximate surface area is 114 Å². The quantitative estimate of drug-likeness (QED) is 0.890. The number of rotatable bonds is 4. The number of carbonyl (C=O) groups is 1. The van der Waals surface area contributed by atoms with Crippen LogP contribution in [-0.2, 0) is 6.54 Å². The Morgan fingerprint density at radius 3 is 2.94 bits per heavy atom. The van der Waals surface area contributed by atoms with E-state index in [1.807, 2.05) is 31.2 Å². The van der Waals surface area contributed by atoms with Crippen LogP contribution in [0.5, 0.6) is 0 Å². The standard InChI is InChI=1S/C13H12ClNO2S/c1-8-2-3-10(14)11(6-8)15-7-9-4-5-18-12(9)13(16)17/h2-6,15H,7H2,1H3,(H,16,17). The topological polar surface area (TPSA) is 49.3 Å². The van der Waals surface area contributed by atoms with Crippen molar-refractivity contribution < 1.29 is 9.90 Å². The zero-order chi connectivity index (χ0) is 13.1. The van der Waals surface area contributed by atoms with Gasteiger partial charge in [0.2, 0.25) is 0 Å². The van der Waals surface area contributed by atoms with Crippen LogP contribution in [0, 0.1) is 6.92 Å². The van der Waals surface area contributed by atoms with Crippen molar-refractivity contribution >= 4 is 34.6 Å². The van der Waals surface area contributed by atoms with Gasteiger partial charge in [-0.25, -0.2) is 4.79 Å². The van der Waals surface area contributed by atoms with E-state index in [2.05, 4.69) is 5.32 Å². The summed E-state index contributed by atoms with van der Waals surface area (Å²) in [6.07, 6.45) is 0. The third-order valence-electron chi connectivity index (χ3n) is 2.53. The van der Waals surface area contributed by atoms with Crippen molar-refractivity contribution in [1.82, 2.24) is 0 Å². The highest BCUT2D eigenvalue weighted by Crippen LogP contribution is 2.24. The van der Waals surface area contributed by atoms with Crippen LogP contribution in [0.1, 0.15) is 20.8 Å². The summed E-state index contributed by atoms with van der Waals surface area (Å²) in [6.45, 7) is 2.43. The molecule has 2 aromatic rings. The van der Waals surface area contributed by atoms with Crippen LogP contribution >= 0.6 is 22.9 Å². The van der Waals surface area contributed by atoms with Gasteiger partial charge in [-0.1, -0.05) is 17.7 Å². The summed E-state index contributed by atoms with van der Waals surface area (Å²) in [5.41, 5.74) is 2.69. The SMILES string of the molecule is Cc1ccc(Cl)c(NCc2ccsc2C(=O)O)c1. The predicted octanol–water partition coefficient (Wildman–Crippen LogP) is 4.02. The molecule has 5 heteroatoms. The summed E-state index contributed by atoms with van der Waals surface area (Å²) in [5, 5.41) is 14.6. The fourth-order valence-electron chi connectivity index (χ4n) is 1.63. The number of hydrogen-bond donors (Lipinski definition) is 2. The lowest BCUT2D eigenvalue weighted by Gasteiger charge is -2.09. The molecule has 0 saturated heterocycles. The van der Waals surface area contributed by atoms with Crippen molar-refractivity contribution in [3.8, 4) is 0 Å². The van der Waals surface area contributed by atoms with E-state index >= 15 is 0 Å². The summed E-state index contributed by atoms with van der Waals surface area (Å²) in [7, 11) is 0. The molecule has 0 saturated carbocycles. The van der Waals surface area contributed by atoms with Gasteiger partial charge in [-0.15, -0.1) is 11.3 Å². The first-order valence-corrected chi connectivity index (χ1v) is 6.63. The molecule has 0 bridgehead atoms. The van der Waals surface area contributed by atoms with Gasteiger partial charge in [0.1, 0.15) is 4.88 Å². The number of aromatic carboxylic acids is 1. The van der Waals surface area contributed by atoms with Gasteiger partial charge < -0.3 is 10.4 Å². The number of carboxylic acids is 1. The molecule has 0 aliphatic carbocycles. The molecular formula is C13H12ClNO2S. The van der Waals surface area contributed by atoms with Gasteiger partial charge in [-0.2, -0.15) is 0 Å². The molecule has 0 spiro atoms. The van der Waals surface area contributed by atoms with E-state index in [1.165, 1.54) is 11.3 Å². The molecule has 1 aromatic carbocycles. The number of halogens is 1. The Hall–Kier alpha value is -1.52. The number of nitrogens with one attached hydrogen (secondary N) is 1. The molecule has 0 amide bonds. The Bertz CT molecular complexity index is 580. The van der Waals surface area contributed by atoms with Crippen molar-refractivity contribution in [2.75, 3.05) is 5.32 Å². The molecule has 94 valence electrons. The molecule has 0 fully saturated rings. The van der Waals surface area contributed by atoms with E-state index in [9.17, 15) is 4.79 Å². The number of aryl methyl sites for hydroxylation is 1. The lowest BCUT2D eigenvalue weighted by molar-refractivity contribution is 0.0701. The van der Waals surface area contributed by atoms with Gasteiger partial charge >= 0.3 is 5.97 Å². The minimum Gasteiger partial charge on any atom is -0.477 e. The van der Waals surface area contributed by atoms with Crippen molar-refractivity contribution in [2.45, 2.75) is 13.5 Å². The van der Waals surface area contributed by atoms with Crippen LogP contribution in [0.3, 0.4) is 0 Å². The van der Waals surface area contributed by atoms with Crippen LogP contribution < -0.4 is 5.32 Å². The molecule has 18 heavy (non-hydrogen) atoms. The summed E-state index contributed by atoms with van der Waals surface area (Å²) in [5.74, 6) is -0.892. The second-order valence-corrected chi connectivity index (χ2v) is 5.24. The smallest absolute Gasteiger partial charge is 0.346 e. The Morgan fingerprint density at radius 2 is 2.22 bits per heavy atom. The normalized spacial score (nSPS) is 10.3. The van der Waals surface area contributed by atoms with Crippen molar-refractivity contribution in [3.05, 3.63) is 50.7 Å². The lowest BCUT2D eigenvalue weighted by Crippen LogP contribution is -2.04. The van der Waals surface area contributed by atoms with Gasteiger partial charge in [0.15, 0.2) is 0 Å². The van der Waals surface area contributed by atoms with Crippen molar-refractivity contribution in [1.29, 1.82) is 0 Å². The highest BCUT2D eigenvalue weighted by atomic mass is 35.5. The van der Waals surface area contributed by atoms with Crippen LogP contribution in [0.15, 0.2) is 29.6 Å². The molecule has 2 N–H and O–H groups in total. The zero-order valence-corrected chi connectivity index (χ0v) is 11.3. The molecule has 1 aromatic heterocycles. The van der Waals surface area contributed by atoms with Crippen LogP contribution in [0.4, 0.5) is 5.69 Å². The number of hydrogen-bond acceptors (Lipinski definition) is 3. The average Bonchev–Trinajstić information content (AvgIpc) is 2.79. The maximum atomic E-state index is 11.0. The van der Waals surface area contributed by atoms with Crippen LogP contribution in [0.2, 0.25) is 5.02 Å². The summed E-state index contributed by atoms with van der Waals surface area (Å²) < 4.78 is 0. The summed E-state index contributed by atoms with van der Waals surface area (Å²) >= 11 is 7.29. The zero-order valence-electron chi connectivity index (χ0n) is 9.74. The van der Waals surface area contributed by atoms with Crippen LogP contribution in [0.25, 0.3) is 0 Å². The van der Waals surface area contributed by atoms with E-state index in [1.54, 1.807) is 5.38 Å². The number of thiophene rings is 1. The maximum absolute atomic E-state index is 11.0. The van der Waals surface area contributed by atoms with Crippen molar-refractivity contribution in [2.24, 2.45) is 0 Å². The second kappa shape index (κ2) is 5.42. The molecule has 0 aliphatic rings. The van der Waals surface area contributed by atoms with Gasteiger partial charge in [0.05, 0.1) is 10.7 Å². The third kappa shape index (κ3) is 2.83. The van der Waals surface area contributed by atoms with E-state index in [-0.39, 0.29) is 0 Å². The monoisotopic (exact) mass is 281 g/mol. The van der Waals surface area contributed by atoms with Crippen molar-refractivity contribution in [3.63, 3.8) is 0 Å². The fraction of sp³-hybridized carbons (Fsp3) is 0.154. The van der Waals surface area contributed by atoms with E-state index < -0.39 is 5.97 Å². The summed E-state index contributed by atoms with van der Waals surface area (Å²) in [6, 6.07) is 7.51. The van der Waals surface area contributed by atoms with E-state index in [0.717, 1.165) is 16.8 Å². The first-order chi connectivity index (χ1) is 8.58. The van der Waals surface area contributed by atoms with Crippen LogP contribution in [-0.4, -0.2) is 11.1 Å². The largest absolute Gasteiger partial charge is 0.477 e. The maximum Gasteiger partial charge on any atom is 0.346 e. The molecule has 2 rings (SSSR count). The van der Waals surface area contributed by atoms with E-state index in [0.29, 0.717) is 16.4 Å². The lowest BCUT2D eigenvalue weighted by atomic mass is 10.2.